The van der Waals surface area contributed by atoms with Gasteiger partial charge >= 0.3 is 5.97 Å². The van der Waals surface area contributed by atoms with Crippen LogP contribution in [0.25, 0.3) is 0 Å². The molecule has 6 heteroatoms. The number of hydrogen-bond donors (Lipinski definition) is 2. The van der Waals surface area contributed by atoms with E-state index in [9.17, 15) is 14.7 Å². The van der Waals surface area contributed by atoms with E-state index in [1.807, 2.05) is 0 Å². The molecule has 1 heterocycles. The minimum absolute atomic E-state index is 0.0226. The number of esters is 1. The maximum atomic E-state index is 12.6. The number of nitrogens with zero attached hydrogens (tertiary/aromatic N) is 1. The number of hydrogen-bond acceptors (Lipinski definition) is 5. The molecule has 134 valence electrons. The summed E-state index contributed by atoms with van der Waals surface area (Å²) in [5.74, 6) is 0.845. The summed E-state index contributed by atoms with van der Waals surface area (Å²) in [7, 11) is 1.37. The van der Waals surface area contributed by atoms with E-state index in [0.717, 1.165) is 38.5 Å². The fourth-order valence-corrected chi connectivity index (χ4v) is 6.23. The zero-order valence-corrected chi connectivity index (χ0v) is 14.4. The van der Waals surface area contributed by atoms with Crippen LogP contribution in [-0.2, 0) is 14.3 Å². The predicted octanol–water partition coefficient (Wildman–Crippen LogP) is 0.824. The van der Waals surface area contributed by atoms with Crippen LogP contribution in [0.3, 0.4) is 0 Å². The Morgan fingerprint density at radius 3 is 2.58 bits per heavy atom. The lowest BCUT2D eigenvalue weighted by atomic mass is 9.51. The van der Waals surface area contributed by atoms with Crippen molar-refractivity contribution in [3.8, 4) is 0 Å². The van der Waals surface area contributed by atoms with Crippen LogP contribution < -0.4 is 5.32 Å². The molecule has 0 radical (unpaired) electrons. The molecule has 5 atom stereocenters. The molecule has 4 bridgehead atoms. The van der Waals surface area contributed by atoms with Crippen LogP contribution in [-0.4, -0.2) is 59.3 Å². The minimum atomic E-state index is -0.525. The number of nitrogens with one attached hydrogen (secondary N) is 1. The van der Waals surface area contributed by atoms with Gasteiger partial charge in [-0.2, -0.15) is 0 Å². The molecule has 0 spiro atoms. The number of likely N-dealkylation sites (tertiary alicyclic amines) is 1. The Kier molecular flexibility index (Phi) is 3.88. The number of ether oxygens (including phenoxy) is 1. The zero-order chi connectivity index (χ0) is 16.9. The highest BCUT2D eigenvalue weighted by Crippen LogP contribution is 2.57. The van der Waals surface area contributed by atoms with Gasteiger partial charge in [-0.05, 0) is 63.2 Å². The highest BCUT2D eigenvalue weighted by molar-refractivity contribution is 5.86. The van der Waals surface area contributed by atoms with Gasteiger partial charge in [0.05, 0.1) is 19.3 Å². The van der Waals surface area contributed by atoms with Crippen LogP contribution in [0, 0.1) is 11.8 Å². The number of methoxy groups -OCH3 is 1. The van der Waals surface area contributed by atoms with E-state index in [-0.39, 0.29) is 24.0 Å². The minimum Gasteiger partial charge on any atom is -0.467 e. The average molecular weight is 336 g/mol. The molecule has 4 saturated carbocycles. The summed E-state index contributed by atoms with van der Waals surface area (Å²) in [5.41, 5.74) is -0.614. The van der Waals surface area contributed by atoms with Crippen LogP contribution >= 0.6 is 0 Å². The lowest BCUT2D eigenvalue weighted by Crippen LogP contribution is -2.65. The van der Waals surface area contributed by atoms with Crippen molar-refractivity contribution in [1.29, 1.82) is 0 Å². The molecular weight excluding hydrogens is 308 g/mol. The Bertz CT molecular complexity index is 535. The molecule has 5 fully saturated rings. The van der Waals surface area contributed by atoms with Crippen molar-refractivity contribution in [2.24, 2.45) is 11.8 Å². The molecule has 4 unspecified atom stereocenters. The van der Waals surface area contributed by atoms with Gasteiger partial charge in [0.1, 0.15) is 6.04 Å². The van der Waals surface area contributed by atoms with Crippen LogP contribution in [0.1, 0.15) is 51.4 Å². The standard InChI is InChI=1S/C18H28N2O4/c1-24-16(22)14-3-2-4-20(14)15(21)10-19-17-6-12-5-13(7-17)9-18(23,8-12)11-17/h12-14,19,23H,2-11H2,1H3/t12-,13?,14?,17?,18?/m0/s1. The number of aliphatic hydroxyl groups is 1. The number of amides is 1. The summed E-state index contributed by atoms with van der Waals surface area (Å²) >= 11 is 0. The third-order valence-electron chi connectivity index (χ3n) is 6.69. The van der Waals surface area contributed by atoms with Crippen molar-refractivity contribution >= 4 is 11.9 Å². The SMILES string of the molecule is COC(=O)C1CCCN1C(=O)CNC12CC3C[C@H](CC(O)(C3)C1)C2. The molecule has 0 aromatic carbocycles. The van der Waals surface area contributed by atoms with Gasteiger partial charge in [-0.3, -0.25) is 4.79 Å². The van der Waals surface area contributed by atoms with Crippen LogP contribution in [0.5, 0.6) is 0 Å². The van der Waals surface area contributed by atoms with E-state index >= 15 is 0 Å². The maximum Gasteiger partial charge on any atom is 0.328 e. The summed E-state index contributed by atoms with van der Waals surface area (Å²) in [4.78, 5) is 26.1. The lowest BCUT2D eigenvalue weighted by Gasteiger charge is -2.60. The Labute approximate surface area is 142 Å². The molecule has 0 aromatic heterocycles. The fraction of sp³-hybridized carbons (Fsp3) is 0.889. The highest BCUT2D eigenvalue weighted by Gasteiger charge is 2.57. The molecule has 24 heavy (non-hydrogen) atoms. The van der Waals surface area contributed by atoms with Crippen molar-refractivity contribution in [3.05, 3.63) is 0 Å². The van der Waals surface area contributed by atoms with Crippen molar-refractivity contribution < 1.29 is 19.4 Å². The Morgan fingerprint density at radius 1 is 1.25 bits per heavy atom. The fourth-order valence-electron chi connectivity index (χ4n) is 6.23. The second-order valence-corrected chi connectivity index (χ2v) is 8.59. The third kappa shape index (κ3) is 2.73. The summed E-state index contributed by atoms with van der Waals surface area (Å²) in [6.07, 6.45) is 7.53. The summed E-state index contributed by atoms with van der Waals surface area (Å²) < 4.78 is 4.82. The second-order valence-electron chi connectivity index (χ2n) is 8.59. The van der Waals surface area contributed by atoms with Crippen molar-refractivity contribution in [2.75, 3.05) is 20.2 Å². The van der Waals surface area contributed by atoms with Gasteiger partial charge in [0, 0.05) is 12.1 Å². The molecule has 1 aliphatic heterocycles. The quantitative estimate of drug-likeness (QED) is 0.743. The van der Waals surface area contributed by atoms with E-state index in [2.05, 4.69) is 5.32 Å². The molecule has 1 saturated heterocycles. The molecule has 5 rings (SSSR count). The van der Waals surface area contributed by atoms with E-state index in [4.69, 9.17) is 4.74 Å². The lowest BCUT2D eigenvalue weighted by molar-refractivity contribution is -0.153. The first-order chi connectivity index (χ1) is 11.4. The van der Waals surface area contributed by atoms with E-state index in [1.54, 1.807) is 4.90 Å². The van der Waals surface area contributed by atoms with E-state index in [1.165, 1.54) is 13.5 Å². The van der Waals surface area contributed by atoms with Crippen molar-refractivity contribution in [3.63, 3.8) is 0 Å². The van der Waals surface area contributed by atoms with Gasteiger partial charge in [-0.25, -0.2) is 4.79 Å². The first-order valence-electron chi connectivity index (χ1n) is 9.27. The normalized spacial score (nSPS) is 43.2. The zero-order valence-electron chi connectivity index (χ0n) is 14.4. The Morgan fingerprint density at radius 2 is 1.96 bits per heavy atom. The maximum absolute atomic E-state index is 12.6. The Hall–Kier alpha value is -1.14. The summed E-state index contributed by atoms with van der Waals surface area (Å²) in [6.45, 7) is 0.880. The molecule has 6 nitrogen and oxygen atoms in total. The topological polar surface area (TPSA) is 78.9 Å². The van der Waals surface area contributed by atoms with Crippen LogP contribution in [0.4, 0.5) is 0 Å². The van der Waals surface area contributed by atoms with Gasteiger partial charge < -0.3 is 20.1 Å². The number of rotatable bonds is 4. The van der Waals surface area contributed by atoms with Crippen molar-refractivity contribution in [2.45, 2.75) is 68.5 Å². The highest BCUT2D eigenvalue weighted by atomic mass is 16.5. The number of carbonyl (C=O) groups excluding carboxylic acids is 2. The molecule has 1 amide bonds. The van der Waals surface area contributed by atoms with Crippen molar-refractivity contribution in [1.82, 2.24) is 10.2 Å². The number of carbonyl (C=O) groups is 2. The summed E-state index contributed by atoms with van der Waals surface area (Å²) in [6, 6.07) is -0.426. The molecule has 4 aliphatic carbocycles. The van der Waals surface area contributed by atoms with E-state index < -0.39 is 11.6 Å². The molecule has 2 N–H and O–H groups in total. The Balaban J connectivity index is 1.40. The molecule has 5 aliphatic rings. The summed E-state index contributed by atoms with van der Waals surface area (Å²) in [5, 5.41) is 14.3. The third-order valence-corrected chi connectivity index (χ3v) is 6.69. The van der Waals surface area contributed by atoms with Gasteiger partial charge in [-0.15, -0.1) is 0 Å². The largest absolute Gasteiger partial charge is 0.467 e. The van der Waals surface area contributed by atoms with Gasteiger partial charge in [0.15, 0.2) is 0 Å². The molecule has 0 aromatic rings. The second kappa shape index (κ2) is 5.70. The van der Waals surface area contributed by atoms with Crippen LogP contribution in [0.2, 0.25) is 0 Å². The average Bonchev–Trinajstić information content (AvgIpc) is 2.99. The first kappa shape index (κ1) is 16.3. The van der Waals surface area contributed by atoms with Gasteiger partial charge in [0.25, 0.3) is 0 Å². The molecular formula is C18H28N2O4. The van der Waals surface area contributed by atoms with Crippen LogP contribution in [0.15, 0.2) is 0 Å². The predicted molar refractivity (Wildman–Crippen MR) is 87.1 cm³/mol. The van der Waals surface area contributed by atoms with E-state index in [0.29, 0.717) is 24.8 Å². The first-order valence-corrected chi connectivity index (χ1v) is 9.27. The van der Waals surface area contributed by atoms with Gasteiger partial charge in [-0.1, -0.05) is 0 Å². The van der Waals surface area contributed by atoms with Gasteiger partial charge in [0.2, 0.25) is 5.91 Å². The smallest absolute Gasteiger partial charge is 0.328 e. The monoisotopic (exact) mass is 336 g/mol.